The number of hydrogen-bond acceptors (Lipinski definition) is 5. The summed E-state index contributed by atoms with van der Waals surface area (Å²) in [6, 6.07) is 17.6. The molecule has 19 heavy (non-hydrogen) atoms. The number of para-hydroxylation sites is 2. The number of carbonyl (C=O) groups excluding carboxylic acids is 2. The van der Waals surface area contributed by atoms with E-state index < -0.39 is 6.16 Å². The standard InChI is InChI=1S/C13H10O3.CHNO/c14-13(15-11-7-3-1-4-8-11)16-12-9-5-2-6-10-12;2-1-3/h1-10H;2H. The van der Waals surface area contributed by atoms with Gasteiger partial charge in [-0.15, -0.1) is 0 Å². The molecular formula is C14H11NO4. The Morgan fingerprint density at radius 2 is 1.16 bits per heavy atom. The van der Waals surface area contributed by atoms with Gasteiger partial charge in [-0.2, -0.15) is 0 Å². The van der Waals surface area contributed by atoms with Gasteiger partial charge in [0.1, 0.15) is 11.5 Å². The minimum Gasteiger partial charge on any atom is -0.395 e. The van der Waals surface area contributed by atoms with Crippen LogP contribution in [0.5, 0.6) is 11.5 Å². The Morgan fingerprint density at radius 3 is 1.47 bits per heavy atom. The van der Waals surface area contributed by atoms with Crippen LogP contribution in [0, 0.1) is 5.41 Å². The highest BCUT2D eigenvalue weighted by molar-refractivity contribution is 5.66. The molecule has 2 aromatic carbocycles. The molecule has 96 valence electrons. The molecule has 1 N–H and O–H groups in total. The molecule has 0 unspecified atom stereocenters. The van der Waals surface area contributed by atoms with Crippen molar-refractivity contribution in [2.45, 2.75) is 0 Å². The van der Waals surface area contributed by atoms with E-state index >= 15 is 0 Å². The van der Waals surface area contributed by atoms with Gasteiger partial charge >= 0.3 is 6.16 Å². The second kappa shape index (κ2) is 8.22. The van der Waals surface area contributed by atoms with Crippen LogP contribution in [-0.2, 0) is 4.79 Å². The van der Waals surface area contributed by atoms with Gasteiger partial charge in [-0.25, -0.2) is 15.0 Å². The predicted molar refractivity (Wildman–Crippen MR) is 67.9 cm³/mol. The molecule has 0 aliphatic carbocycles. The number of carbonyl (C=O) groups is 1. The highest BCUT2D eigenvalue weighted by Gasteiger charge is 2.06. The molecule has 0 fully saturated rings. The van der Waals surface area contributed by atoms with Crippen LogP contribution in [0.4, 0.5) is 4.79 Å². The molecule has 5 heteroatoms. The molecule has 0 aliphatic rings. The molecule has 0 radical (unpaired) electrons. The van der Waals surface area contributed by atoms with Crippen molar-refractivity contribution in [1.82, 2.24) is 0 Å². The zero-order chi connectivity index (χ0) is 13.9. The lowest BCUT2D eigenvalue weighted by Gasteiger charge is -2.04. The van der Waals surface area contributed by atoms with Crippen molar-refractivity contribution in [2.24, 2.45) is 0 Å². The van der Waals surface area contributed by atoms with Crippen molar-refractivity contribution in [2.75, 3.05) is 0 Å². The Hall–Kier alpha value is -2.91. The average Bonchev–Trinajstić information content (AvgIpc) is 2.41. The normalized spacial score (nSPS) is 8.42. The van der Waals surface area contributed by atoms with E-state index in [1.54, 1.807) is 48.5 Å². The van der Waals surface area contributed by atoms with Crippen LogP contribution < -0.4 is 9.47 Å². The first-order valence-corrected chi connectivity index (χ1v) is 5.30. The van der Waals surface area contributed by atoms with Crippen LogP contribution >= 0.6 is 0 Å². The van der Waals surface area contributed by atoms with Gasteiger partial charge in [0.05, 0.1) is 0 Å². The summed E-state index contributed by atoms with van der Waals surface area (Å²) in [5.74, 6) is 0.923. The summed E-state index contributed by atoms with van der Waals surface area (Å²) in [5.41, 5.74) is 0. The Kier molecular flexibility index (Phi) is 6.12. The third kappa shape index (κ3) is 5.81. The van der Waals surface area contributed by atoms with Crippen molar-refractivity contribution in [3.8, 4) is 11.5 Å². The fourth-order valence-electron chi connectivity index (χ4n) is 1.19. The number of ether oxygens (including phenoxy) is 2. The maximum Gasteiger partial charge on any atom is 0.519 e. The van der Waals surface area contributed by atoms with Crippen LogP contribution in [0.15, 0.2) is 60.7 Å². The number of isocyanates is 1. The van der Waals surface area contributed by atoms with Crippen molar-refractivity contribution in [3.63, 3.8) is 0 Å². The summed E-state index contributed by atoms with van der Waals surface area (Å²) in [7, 11) is 0. The SMILES string of the molecule is N=C=O.O=C(Oc1ccccc1)Oc1ccccc1. The lowest BCUT2D eigenvalue weighted by molar-refractivity contribution is 0.152. The van der Waals surface area contributed by atoms with Gasteiger partial charge in [0.2, 0.25) is 6.08 Å². The summed E-state index contributed by atoms with van der Waals surface area (Å²) in [6.07, 6.45) is 0.0115. The summed E-state index contributed by atoms with van der Waals surface area (Å²) >= 11 is 0. The lowest BCUT2D eigenvalue weighted by atomic mass is 10.3. The topological polar surface area (TPSA) is 76.5 Å². The van der Waals surface area contributed by atoms with E-state index in [1.165, 1.54) is 0 Å². The molecule has 0 atom stereocenters. The molecule has 0 saturated carbocycles. The van der Waals surface area contributed by atoms with E-state index in [4.69, 9.17) is 19.7 Å². The summed E-state index contributed by atoms with van der Waals surface area (Å²) in [4.78, 5) is 19.7. The molecule has 0 saturated heterocycles. The first-order valence-electron chi connectivity index (χ1n) is 5.30. The Balaban J connectivity index is 0.000000550. The second-order valence-corrected chi connectivity index (χ2v) is 3.18. The van der Waals surface area contributed by atoms with E-state index in [1.807, 2.05) is 12.1 Å². The molecule has 2 aromatic rings. The van der Waals surface area contributed by atoms with Crippen molar-refractivity contribution in [1.29, 1.82) is 5.41 Å². The van der Waals surface area contributed by atoms with Gasteiger partial charge in [0.15, 0.2) is 0 Å². The van der Waals surface area contributed by atoms with Gasteiger partial charge < -0.3 is 9.47 Å². The van der Waals surface area contributed by atoms with Crippen LogP contribution in [-0.4, -0.2) is 12.2 Å². The number of benzene rings is 2. The number of hydrogen-bond donors (Lipinski definition) is 1. The van der Waals surface area contributed by atoms with Crippen LogP contribution in [0.1, 0.15) is 0 Å². The van der Waals surface area contributed by atoms with Crippen molar-refractivity contribution in [3.05, 3.63) is 60.7 Å². The third-order valence-corrected chi connectivity index (χ3v) is 1.89. The van der Waals surface area contributed by atoms with E-state index in [9.17, 15) is 4.79 Å². The van der Waals surface area contributed by atoms with E-state index in [-0.39, 0.29) is 0 Å². The molecule has 0 aliphatic heterocycles. The molecule has 2 rings (SSSR count). The Bertz CT molecular complexity index is 490. The Labute approximate surface area is 109 Å². The highest BCUT2D eigenvalue weighted by atomic mass is 16.7. The quantitative estimate of drug-likeness (QED) is 0.388. The summed E-state index contributed by atoms with van der Waals surface area (Å²) in [5, 5.41) is 5.40. The molecule has 0 heterocycles. The highest BCUT2D eigenvalue weighted by Crippen LogP contribution is 2.12. The first kappa shape index (κ1) is 14.2. The third-order valence-electron chi connectivity index (χ3n) is 1.89. The van der Waals surface area contributed by atoms with E-state index in [0.717, 1.165) is 6.08 Å². The van der Waals surface area contributed by atoms with Gasteiger partial charge in [-0.05, 0) is 24.3 Å². The monoisotopic (exact) mass is 257 g/mol. The minimum atomic E-state index is -0.739. The number of rotatable bonds is 2. The van der Waals surface area contributed by atoms with Crippen LogP contribution in [0.3, 0.4) is 0 Å². The zero-order valence-corrected chi connectivity index (χ0v) is 9.91. The first-order chi connectivity index (χ1) is 9.26. The molecule has 0 spiro atoms. The number of nitrogens with one attached hydrogen (secondary N) is 1. The molecular weight excluding hydrogens is 246 g/mol. The Morgan fingerprint density at radius 1 is 0.842 bits per heavy atom. The van der Waals surface area contributed by atoms with Crippen LogP contribution in [0.25, 0.3) is 0 Å². The molecule has 0 aromatic heterocycles. The lowest BCUT2D eigenvalue weighted by Crippen LogP contribution is -2.13. The van der Waals surface area contributed by atoms with E-state index in [0.29, 0.717) is 11.5 Å². The minimum absolute atomic E-state index is 0.462. The molecule has 5 nitrogen and oxygen atoms in total. The maximum atomic E-state index is 11.3. The molecule has 0 bridgehead atoms. The zero-order valence-electron chi connectivity index (χ0n) is 9.91. The molecule has 0 amide bonds. The smallest absolute Gasteiger partial charge is 0.395 e. The van der Waals surface area contributed by atoms with Crippen molar-refractivity contribution < 1.29 is 19.1 Å². The van der Waals surface area contributed by atoms with Gasteiger partial charge in [0.25, 0.3) is 0 Å². The maximum absolute atomic E-state index is 11.3. The van der Waals surface area contributed by atoms with Gasteiger partial charge in [-0.1, -0.05) is 36.4 Å². The summed E-state index contributed by atoms with van der Waals surface area (Å²) < 4.78 is 9.91. The summed E-state index contributed by atoms with van der Waals surface area (Å²) in [6.45, 7) is 0. The second-order valence-electron chi connectivity index (χ2n) is 3.18. The van der Waals surface area contributed by atoms with Gasteiger partial charge in [0, 0.05) is 0 Å². The average molecular weight is 257 g/mol. The fourth-order valence-corrected chi connectivity index (χ4v) is 1.19. The van der Waals surface area contributed by atoms with E-state index in [2.05, 4.69) is 0 Å². The predicted octanol–water partition coefficient (Wildman–Crippen LogP) is 3.17. The van der Waals surface area contributed by atoms with Gasteiger partial charge in [-0.3, -0.25) is 0 Å². The van der Waals surface area contributed by atoms with Crippen LogP contribution in [0.2, 0.25) is 0 Å². The van der Waals surface area contributed by atoms with Crippen molar-refractivity contribution >= 4 is 12.2 Å². The fraction of sp³-hybridized carbons (Fsp3) is 0. The largest absolute Gasteiger partial charge is 0.519 e.